The number of methoxy groups -OCH3 is 2. The van der Waals surface area contributed by atoms with Crippen LogP contribution in [0.3, 0.4) is 0 Å². The summed E-state index contributed by atoms with van der Waals surface area (Å²) >= 11 is 1.28. The molecule has 0 saturated carbocycles. The van der Waals surface area contributed by atoms with E-state index in [4.69, 9.17) is 14.2 Å². The van der Waals surface area contributed by atoms with Crippen molar-refractivity contribution in [1.29, 1.82) is 0 Å². The number of nitrogens with zero attached hydrogens (tertiary/aromatic N) is 1. The van der Waals surface area contributed by atoms with Gasteiger partial charge in [0.2, 0.25) is 0 Å². The number of ether oxygens (including phenoxy) is 3. The van der Waals surface area contributed by atoms with E-state index in [1.54, 1.807) is 36.6 Å². The Morgan fingerprint density at radius 3 is 2.50 bits per heavy atom. The molecule has 2 aromatic rings. The first kappa shape index (κ1) is 21.6. The van der Waals surface area contributed by atoms with E-state index < -0.39 is 12.0 Å². The van der Waals surface area contributed by atoms with Crippen LogP contribution in [0.2, 0.25) is 0 Å². The van der Waals surface area contributed by atoms with Gasteiger partial charge in [-0.3, -0.25) is 9.59 Å². The Labute approximate surface area is 178 Å². The van der Waals surface area contributed by atoms with Crippen molar-refractivity contribution in [2.75, 3.05) is 27.4 Å². The van der Waals surface area contributed by atoms with Gasteiger partial charge in [-0.2, -0.15) is 0 Å². The average molecular weight is 432 g/mol. The molecule has 1 atom stereocenters. The van der Waals surface area contributed by atoms with Gasteiger partial charge in [-0.05, 0) is 48.1 Å². The molecule has 2 heterocycles. The van der Waals surface area contributed by atoms with Crippen molar-refractivity contribution in [2.45, 2.75) is 25.9 Å². The quantitative estimate of drug-likeness (QED) is 0.673. The summed E-state index contributed by atoms with van der Waals surface area (Å²) in [5.41, 5.74) is 2.06. The summed E-state index contributed by atoms with van der Waals surface area (Å²) in [6.45, 7) is 2.07. The first-order valence-electron chi connectivity index (χ1n) is 9.45. The molecule has 9 heteroatoms. The van der Waals surface area contributed by atoms with Crippen LogP contribution in [0.4, 0.5) is 0 Å². The number of carbonyl (C=O) groups excluding carboxylic acids is 3. The van der Waals surface area contributed by atoms with Gasteiger partial charge >= 0.3 is 5.97 Å². The van der Waals surface area contributed by atoms with Crippen LogP contribution in [-0.4, -0.2) is 56.1 Å². The fourth-order valence-electron chi connectivity index (χ4n) is 3.18. The standard InChI is InChI=1S/C21H24N2O6S/c1-13(22-20(25)18-5-4-8-30-18)21(26)29-12-19(24)23-7-6-14-9-16(27-2)17(28-3)10-15(14)11-23/h4-5,8-10,13H,6-7,11-12H2,1-3H3,(H,22,25). The third kappa shape index (κ3) is 4.91. The highest BCUT2D eigenvalue weighted by molar-refractivity contribution is 7.12. The Balaban J connectivity index is 1.53. The molecule has 1 N–H and O–H groups in total. The fraction of sp³-hybridized carbons (Fsp3) is 0.381. The highest BCUT2D eigenvalue weighted by Crippen LogP contribution is 2.33. The number of hydrogen-bond acceptors (Lipinski definition) is 7. The largest absolute Gasteiger partial charge is 0.493 e. The summed E-state index contributed by atoms with van der Waals surface area (Å²) in [6, 6.07) is 6.35. The summed E-state index contributed by atoms with van der Waals surface area (Å²) in [5.74, 6) is -0.0359. The minimum absolute atomic E-state index is 0.291. The monoisotopic (exact) mass is 432 g/mol. The number of fused-ring (bicyclic) bond motifs is 1. The molecular formula is C21H24N2O6S. The van der Waals surface area contributed by atoms with Crippen molar-refractivity contribution in [2.24, 2.45) is 0 Å². The van der Waals surface area contributed by atoms with E-state index in [0.717, 1.165) is 11.1 Å². The van der Waals surface area contributed by atoms with Crippen molar-refractivity contribution in [3.63, 3.8) is 0 Å². The molecule has 30 heavy (non-hydrogen) atoms. The van der Waals surface area contributed by atoms with Crippen molar-refractivity contribution < 1.29 is 28.6 Å². The number of esters is 1. The Bertz CT molecular complexity index is 928. The third-order valence-electron chi connectivity index (χ3n) is 4.85. The zero-order chi connectivity index (χ0) is 21.7. The molecule has 1 aliphatic rings. The van der Waals surface area contributed by atoms with Crippen LogP contribution in [0.1, 0.15) is 27.7 Å². The Morgan fingerprint density at radius 1 is 1.17 bits per heavy atom. The minimum atomic E-state index is -0.855. The van der Waals surface area contributed by atoms with Gasteiger partial charge in [0.1, 0.15) is 6.04 Å². The SMILES string of the molecule is COc1cc2c(cc1OC)CN(C(=O)COC(=O)C(C)NC(=O)c1cccs1)CC2. The lowest BCUT2D eigenvalue weighted by Crippen LogP contribution is -2.42. The van der Waals surface area contributed by atoms with Gasteiger partial charge in [-0.15, -0.1) is 11.3 Å². The van der Waals surface area contributed by atoms with Crippen LogP contribution in [0, 0.1) is 0 Å². The van der Waals surface area contributed by atoms with Crippen molar-refractivity contribution in [1.82, 2.24) is 10.2 Å². The second-order valence-electron chi connectivity index (χ2n) is 6.82. The number of hydrogen-bond donors (Lipinski definition) is 1. The molecule has 1 unspecified atom stereocenters. The second kappa shape index (κ2) is 9.62. The maximum atomic E-state index is 12.5. The molecule has 0 aliphatic carbocycles. The predicted molar refractivity (Wildman–Crippen MR) is 111 cm³/mol. The maximum absolute atomic E-state index is 12.5. The van der Waals surface area contributed by atoms with Crippen LogP contribution in [0.15, 0.2) is 29.6 Å². The number of thiophene rings is 1. The van der Waals surface area contributed by atoms with Gasteiger partial charge in [-0.1, -0.05) is 6.07 Å². The molecule has 2 amide bonds. The normalized spacial score (nSPS) is 13.8. The van der Waals surface area contributed by atoms with Crippen LogP contribution in [-0.2, 0) is 27.3 Å². The lowest BCUT2D eigenvalue weighted by atomic mass is 9.99. The Hall–Kier alpha value is -3.07. The number of rotatable bonds is 7. The van der Waals surface area contributed by atoms with Gasteiger partial charge in [0.05, 0.1) is 19.1 Å². The molecule has 160 valence electrons. The molecule has 0 bridgehead atoms. The molecular weight excluding hydrogens is 408 g/mol. The smallest absolute Gasteiger partial charge is 0.328 e. The van der Waals surface area contributed by atoms with Crippen molar-refractivity contribution in [3.8, 4) is 11.5 Å². The number of amides is 2. The zero-order valence-electron chi connectivity index (χ0n) is 17.1. The topological polar surface area (TPSA) is 94.2 Å². The number of carbonyl (C=O) groups is 3. The van der Waals surface area contributed by atoms with Gasteiger partial charge in [0.15, 0.2) is 18.1 Å². The summed E-state index contributed by atoms with van der Waals surface area (Å²) in [4.78, 5) is 38.8. The van der Waals surface area contributed by atoms with E-state index >= 15 is 0 Å². The summed E-state index contributed by atoms with van der Waals surface area (Å²) in [6.07, 6.45) is 0.669. The van der Waals surface area contributed by atoms with Crippen molar-refractivity contribution >= 4 is 29.1 Å². The molecule has 0 spiro atoms. The molecule has 3 rings (SSSR count). The van der Waals surface area contributed by atoms with Crippen LogP contribution in [0.25, 0.3) is 0 Å². The lowest BCUT2D eigenvalue weighted by molar-refractivity contribution is -0.153. The minimum Gasteiger partial charge on any atom is -0.493 e. The summed E-state index contributed by atoms with van der Waals surface area (Å²) < 4.78 is 15.8. The summed E-state index contributed by atoms with van der Waals surface area (Å²) in [5, 5.41) is 4.34. The van der Waals surface area contributed by atoms with Crippen molar-refractivity contribution in [3.05, 3.63) is 45.6 Å². The second-order valence-corrected chi connectivity index (χ2v) is 7.77. The average Bonchev–Trinajstić information content (AvgIpc) is 3.30. The molecule has 1 aromatic heterocycles. The van der Waals surface area contributed by atoms with E-state index in [1.165, 1.54) is 18.3 Å². The number of benzene rings is 1. The molecule has 1 aromatic carbocycles. The highest BCUT2D eigenvalue weighted by atomic mass is 32.1. The van der Waals surface area contributed by atoms with Gasteiger partial charge in [0.25, 0.3) is 11.8 Å². The molecule has 0 radical (unpaired) electrons. The van der Waals surface area contributed by atoms with Gasteiger partial charge < -0.3 is 24.4 Å². The van der Waals surface area contributed by atoms with Gasteiger partial charge in [-0.25, -0.2) is 4.79 Å². The number of nitrogens with one attached hydrogen (secondary N) is 1. The molecule has 1 aliphatic heterocycles. The maximum Gasteiger partial charge on any atom is 0.328 e. The first-order valence-corrected chi connectivity index (χ1v) is 10.3. The first-order chi connectivity index (χ1) is 14.4. The molecule has 0 saturated heterocycles. The summed E-state index contributed by atoms with van der Waals surface area (Å²) in [7, 11) is 3.15. The molecule has 0 fully saturated rings. The third-order valence-corrected chi connectivity index (χ3v) is 5.72. The van der Waals surface area contributed by atoms with E-state index in [0.29, 0.717) is 35.9 Å². The van der Waals surface area contributed by atoms with Crippen LogP contribution in [0.5, 0.6) is 11.5 Å². The molecule has 8 nitrogen and oxygen atoms in total. The van der Waals surface area contributed by atoms with E-state index in [9.17, 15) is 14.4 Å². The van der Waals surface area contributed by atoms with Crippen LogP contribution >= 0.6 is 11.3 Å². The Kier molecular flexibility index (Phi) is 6.94. The predicted octanol–water partition coefficient (Wildman–Crippen LogP) is 2.01. The van der Waals surface area contributed by atoms with E-state index in [2.05, 4.69) is 5.32 Å². The zero-order valence-corrected chi connectivity index (χ0v) is 17.9. The lowest BCUT2D eigenvalue weighted by Gasteiger charge is -2.29. The highest BCUT2D eigenvalue weighted by Gasteiger charge is 2.25. The fourth-order valence-corrected chi connectivity index (χ4v) is 3.81. The van der Waals surface area contributed by atoms with Crippen LogP contribution < -0.4 is 14.8 Å². The van der Waals surface area contributed by atoms with Gasteiger partial charge in [0, 0.05) is 13.1 Å². The van der Waals surface area contributed by atoms with E-state index in [-0.39, 0.29) is 18.4 Å². The Morgan fingerprint density at radius 2 is 1.87 bits per heavy atom. The van der Waals surface area contributed by atoms with E-state index in [1.807, 2.05) is 12.1 Å².